The largest absolute Gasteiger partial charge is 0.493 e. The van der Waals surface area contributed by atoms with Crippen molar-refractivity contribution in [3.05, 3.63) is 65.5 Å². The number of fused-ring (bicyclic) bond motifs is 2. The Morgan fingerprint density at radius 2 is 1.93 bits per heavy atom. The third kappa shape index (κ3) is 3.53. The predicted octanol–water partition coefficient (Wildman–Crippen LogP) is 1.71. The maximum Gasteiger partial charge on any atom is 0.325 e. The number of para-hydroxylation sites is 1. The highest BCUT2D eigenvalue weighted by molar-refractivity contribution is 6.09. The number of nitrogens with one attached hydrogen (secondary N) is 2. The summed E-state index contributed by atoms with van der Waals surface area (Å²) < 4.78 is 18.5. The van der Waals surface area contributed by atoms with Crippen LogP contribution in [0, 0.1) is 5.82 Å². The summed E-state index contributed by atoms with van der Waals surface area (Å²) in [7, 11) is 0. The van der Waals surface area contributed by atoms with E-state index in [4.69, 9.17) is 4.74 Å². The van der Waals surface area contributed by atoms with Crippen molar-refractivity contribution in [2.75, 3.05) is 19.7 Å². The topological polar surface area (TPSA) is 87.7 Å². The molecule has 7 nitrogen and oxygen atoms in total. The minimum Gasteiger partial charge on any atom is -0.493 e. The van der Waals surface area contributed by atoms with Gasteiger partial charge in [0.1, 0.15) is 18.1 Å². The first kappa shape index (κ1) is 18.9. The van der Waals surface area contributed by atoms with E-state index in [1.807, 2.05) is 0 Å². The SMILES string of the molecule is O=C(CN1C(=O)N[C@]2(CCOc3ccccc32)C1=O)NCCc1ccc(F)cc1. The quantitative estimate of drug-likeness (QED) is 0.752. The number of hydrogen-bond donors (Lipinski definition) is 2. The lowest BCUT2D eigenvalue weighted by Gasteiger charge is -2.33. The molecular weight excluding hydrogens is 377 g/mol. The fourth-order valence-corrected chi connectivity index (χ4v) is 3.71. The van der Waals surface area contributed by atoms with Crippen molar-refractivity contribution in [1.82, 2.24) is 15.5 Å². The molecule has 4 amide bonds. The molecule has 1 atom stereocenters. The van der Waals surface area contributed by atoms with E-state index in [1.165, 1.54) is 12.1 Å². The van der Waals surface area contributed by atoms with Crippen LogP contribution in [0.25, 0.3) is 0 Å². The molecule has 2 aromatic rings. The van der Waals surface area contributed by atoms with Gasteiger partial charge in [0.2, 0.25) is 5.91 Å². The minimum absolute atomic E-state index is 0.292. The second kappa shape index (κ2) is 7.54. The van der Waals surface area contributed by atoms with Crippen LogP contribution >= 0.6 is 0 Å². The standard InChI is InChI=1S/C21H20FN3O4/c22-15-7-5-14(6-8-15)9-11-23-18(26)13-25-19(27)21(24-20(25)28)10-12-29-17-4-2-1-3-16(17)21/h1-8H,9-13H2,(H,23,26)(H,24,28)/t21-/m0/s1. The summed E-state index contributed by atoms with van der Waals surface area (Å²) in [6.45, 7) is 0.246. The second-order valence-electron chi connectivity index (χ2n) is 7.05. The summed E-state index contributed by atoms with van der Waals surface area (Å²) in [4.78, 5) is 38.8. The highest BCUT2D eigenvalue weighted by atomic mass is 19.1. The van der Waals surface area contributed by atoms with Crippen LogP contribution < -0.4 is 15.4 Å². The molecule has 2 N–H and O–H groups in total. The molecule has 1 spiro atoms. The maximum absolute atomic E-state index is 13.1. The van der Waals surface area contributed by atoms with Gasteiger partial charge in [0.15, 0.2) is 5.54 Å². The number of ether oxygens (including phenoxy) is 1. The molecule has 29 heavy (non-hydrogen) atoms. The lowest BCUT2D eigenvalue weighted by Crippen LogP contribution is -2.48. The van der Waals surface area contributed by atoms with Crippen molar-refractivity contribution in [2.24, 2.45) is 0 Å². The van der Waals surface area contributed by atoms with Gasteiger partial charge in [-0.15, -0.1) is 0 Å². The number of carbonyl (C=O) groups is 3. The van der Waals surface area contributed by atoms with Gasteiger partial charge >= 0.3 is 6.03 Å². The summed E-state index contributed by atoms with van der Waals surface area (Å²) in [5.74, 6) is -0.655. The second-order valence-corrected chi connectivity index (χ2v) is 7.05. The van der Waals surface area contributed by atoms with E-state index in [2.05, 4.69) is 10.6 Å². The molecule has 4 rings (SSSR count). The van der Waals surface area contributed by atoms with E-state index < -0.39 is 23.4 Å². The van der Waals surface area contributed by atoms with Gasteiger partial charge in [0.25, 0.3) is 5.91 Å². The summed E-state index contributed by atoms with van der Waals surface area (Å²) >= 11 is 0. The fourth-order valence-electron chi connectivity index (χ4n) is 3.71. The van der Waals surface area contributed by atoms with Crippen LogP contribution in [0.5, 0.6) is 5.75 Å². The Hall–Kier alpha value is -3.42. The Kier molecular flexibility index (Phi) is 4.92. The Bertz CT molecular complexity index is 963. The number of urea groups is 1. The number of halogens is 1. The molecule has 2 heterocycles. The zero-order chi connectivity index (χ0) is 20.4. The van der Waals surface area contributed by atoms with Gasteiger partial charge in [-0.1, -0.05) is 30.3 Å². The average molecular weight is 397 g/mol. The molecule has 1 saturated heterocycles. The Balaban J connectivity index is 1.40. The molecule has 1 fully saturated rings. The summed E-state index contributed by atoms with van der Waals surface area (Å²) in [6, 6.07) is 12.5. The summed E-state index contributed by atoms with van der Waals surface area (Å²) in [6.07, 6.45) is 0.818. The first-order valence-electron chi connectivity index (χ1n) is 9.37. The first-order chi connectivity index (χ1) is 14.0. The molecule has 0 saturated carbocycles. The van der Waals surface area contributed by atoms with E-state index in [0.717, 1.165) is 10.5 Å². The smallest absolute Gasteiger partial charge is 0.325 e. The number of hydrogen-bond acceptors (Lipinski definition) is 4. The monoisotopic (exact) mass is 397 g/mol. The lowest BCUT2D eigenvalue weighted by molar-refractivity contribution is -0.136. The van der Waals surface area contributed by atoms with Crippen molar-refractivity contribution >= 4 is 17.8 Å². The third-order valence-electron chi connectivity index (χ3n) is 5.21. The number of carbonyl (C=O) groups excluding carboxylic acids is 3. The van der Waals surface area contributed by atoms with Crippen molar-refractivity contribution in [3.8, 4) is 5.75 Å². The highest BCUT2D eigenvalue weighted by Crippen LogP contribution is 2.40. The van der Waals surface area contributed by atoms with E-state index in [1.54, 1.807) is 36.4 Å². The van der Waals surface area contributed by atoms with Crippen LogP contribution in [-0.2, 0) is 21.5 Å². The van der Waals surface area contributed by atoms with E-state index in [0.29, 0.717) is 37.3 Å². The number of imide groups is 1. The van der Waals surface area contributed by atoms with Gasteiger partial charge < -0.3 is 15.4 Å². The first-order valence-corrected chi connectivity index (χ1v) is 9.37. The highest BCUT2D eigenvalue weighted by Gasteiger charge is 2.55. The van der Waals surface area contributed by atoms with Crippen LogP contribution in [0.2, 0.25) is 0 Å². The molecule has 0 radical (unpaired) electrons. The van der Waals surface area contributed by atoms with E-state index in [9.17, 15) is 18.8 Å². The van der Waals surface area contributed by atoms with Crippen molar-refractivity contribution in [3.63, 3.8) is 0 Å². The van der Waals surface area contributed by atoms with E-state index >= 15 is 0 Å². The van der Waals surface area contributed by atoms with Crippen molar-refractivity contribution in [2.45, 2.75) is 18.4 Å². The minimum atomic E-state index is -1.19. The molecule has 0 aliphatic carbocycles. The predicted molar refractivity (Wildman–Crippen MR) is 102 cm³/mol. The molecule has 8 heteroatoms. The normalized spacial score (nSPS) is 20.2. The fraction of sp³-hybridized carbons (Fsp3) is 0.286. The molecule has 0 aromatic heterocycles. The zero-order valence-corrected chi connectivity index (χ0v) is 15.6. The molecular formula is C21H20FN3O4. The van der Waals surface area contributed by atoms with Gasteiger partial charge in [-0.05, 0) is 30.2 Å². The average Bonchev–Trinajstić information content (AvgIpc) is 2.95. The molecule has 2 aromatic carbocycles. The third-order valence-corrected chi connectivity index (χ3v) is 5.21. The zero-order valence-electron chi connectivity index (χ0n) is 15.6. The molecule has 150 valence electrons. The summed E-state index contributed by atoms with van der Waals surface area (Å²) in [5, 5.41) is 5.45. The van der Waals surface area contributed by atoms with Crippen LogP contribution in [-0.4, -0.2) is 42.4 Å². The maximum atomic E-state index is 13.1. The van der Waals surface area contributed by atoms with Crippen molar-refractivity contribution < 1.29 is 23.5 Å². The van der Waals surface area contributed by atoms with Gasteiger partial charge in [0.05, 0.1) is 6.61 Å². The molecule has 2 aliphatic heterocycles. The number of amides is 4. The summed E-state index contributed by atoms with van der Waals surface area (Å²) in [5.41, 5.74) is 0.281. The van der Waals surface area contributed by atoms with E-state index in [-0.39, 0.29) is 12.4 Å². The van der Waals surface area contributed by atoms with Gasteiger partial charge in [-0.25, -0.2) is 9.18 Å². The lowest BCUT2D eigenvalue weighted by atomic mass is 9.84. The van der Waals surface area contributed by atoms with Crippen LogP contribution in [0.15, 0.2) is 48.5 Å². The Morgan fingerprint density at radius 3 is 2.72 bits per heavy atom. The molecule has 0 bridgehead atoms. The number of rotatable bonds is 5. The van der Waals surface area contributed by atoms with Crippen molar-refractivity contribution in [1.29, 1.82) is 0 Å². The Morgan fingerprint density at radius 1 is 1.17 bits per heavy atom. The molecule has 0 unspecified atom stereocenters. The van der Waals surface area contributed by atoms with Crippen LogP contribution in [0.4, 0.5) is 9.18 Å². The van der Waals surface area contributed by atoms with Gasteiger partial charge in [-0.3, -0.25) is 14.5 Å². The van der Waals surface area contributed by atoms with Gasteiger partial charge in [0, 0.05) is 18.5 Å². The number of nitrogens with zero attached hydrogens (tertiary/aromatic N) is 1. The van der Waals surface area contributed by atoms with Crippen LogP contribution in [0.3, 0.4) is 0 Å². The Labute approximate surface area is 166 Å². The number of benzene rings is 2. The van der Waals surface area contributed by atoms with Crippen LogP contribution in [0.1, 0.15) is 17.5 Å². The van der Waals surface area contributed by atoms with Gasteiger partial charge in [-0.2, -0.15) is 0 Å². The molecule has 2 aliphatic rings.